The standard InChI is InChI=1S/C68H112O36/c1-23(21-90-59-49(84)44(79)41(76)34(17-69)95-59)9-14-68(89)24(2)38-33(104-68)16-31-29-8-7-27-15-28(10-12-66(27,5)30(29)11-13-67(31,38)6)94-63-52(87)47(82)55(36(19-71)97-63)100-65-58(45(80)42(77)35(18-70)96-65)103-64-53(88)57(102-60-48(83)40(75)32(73)22-91-60)56(37(20-72)98-64)101-62-51(86)46(81)54(26(4)93-62)99-61-50(85)43(78)39(74)25(3)92-61/h7,23-26,28-65,69-89H,8-22H2,1-6H3/t23?,24-,25-,26-,28-,29?,30?,31?,32-,33?,34+,35+,36+,37+,38?,39-,40+,41+,42+,43+,44-,45-,46-,47+,48-,49+,50+,51+,52+,53+,54-,55-,56+,57+,58+,59+,60+,61-,62-,63+,64+,65-,66-,67-,68+/m0/s1. The van der Waals surface area contributed by atoms with Gasteiger partial charge in [-0.3, -0.25) is 0 Å². The van der Waals surface area contributed by atoms with Crippen molar-refractivity contribution in [2.75, 3.05) is 39.6 Å². The number of aliphatic hydroxyl groups is 21. The van der Waals surface area contributed by atoms with E-state index in [4.69, 9.17) is 71.1 Å². The second-order valence-corrected chi connectivity index (χ2v) is 31.8. The summed E-state index contributed by atoms with van der Waals surface area (Å²) < 4.78 is 90.0. The third-order valence-corrected chi connectivity index (χ3v) is 25.4. The van der Waals surface area contributed by atoms with E-state index >= 15 is 0 Å². The van der Waals surface area contributed by atoms with Crippen molar-refractivity contribution in [2.45, 2.75) is 326 Å². The molecule has 0 amide bonds. The zero-order chi connectivity index (χ0) is 75.2. The van der Waals surface area contributed by atoms with Crippen LogP contribution < -0.4 is 0 Å². The molecule has 0 aromatic heterocycles. The fourth-order valence-corrected chi connectivity index (χ4v) is 19.1. The summed E-state index contributed by atoms with van der Waals surface area (Å²) in [6, 6.07) is 0. The summed E-state index contributed by atoms with van der Waals surface area (Å²) in [5, 5.41) is 230. The first-order valence-corrected chi connectivity index (χ1v) is 36.7. The Morgan fingerprint density at radius 1 is 0.481 bits per heavy atom. The Morgan fingerprint density at radius 2 is 0.990 bits per heavy atom. The van der Waals surface area contributed by atoms with E-state index in [0.717, 1.165) is 32.1 Å². The number of allylic oxidation sites excluding steroid dienone is 1. The molecule has 0 bridgehead atoms. The van der Waals surface area contributed by atoms with Gasteiger partial charge in [0, 0.05) is 12.3 Å². The van der Waals surface area contributed by atoms with Gasteiger partial charge in [0.25, 0.3) is 0 Å². The lowest BCUT2D eigenvalue weighted by molar-refractivity contribution is -0.409. The van der Waals surface area contributed by atoms with Gasteiger partial charge in [-0.15, -0.1) is 0 Å². The molecule has 21 N–H and O–H groups in total. The predicted molar refractivity (Wildman–Crippen MR) is 341 cm³/mol. The van der Waals surface area contributed by atoms with E-state index in [-0.39, 0.29) is 41.3 Å². The van der Waals surface area contributed by atoms with Crippen LogP contribution in [-0.2, 0) is 71.1 Å². The van der Waals surface area contributed by atoms with Gasteiger partial charge < -0.3 is 178 Å². The van der Waals surface area contributed by atoms with Crippen LogP contribution in [0.15, 0.2) is 11.6 Å². The van der Waals surface area contributed by atoms with Crippen LogP contribution in [0.2, 0.25) is 0 Å². The summed E-state index contributed by atoms with van der Waals surface area (Å²) >= 11 is 0. The van der Waals surface area contributed by atoms with E-state index in [1.54, 1.807) is 0 Å². The zero-order valence-electron chi connectivity index (χ0n) is 58.9. The third kappa shape index (κ3) is 15.3. The van der Waals surface area contributed by atoms with Crippen molar-refractivity contribution in [2.24, 2.45) is 46.3 Å². The van der Waals surface area contributed by atoms with Crippen LogP contribution in [0, 0.1) is 46.3 Å². The van der Waals surface area contributed by atoms with Gasteiger partial charge >= 0.3 is 0 Å². The number of hydrogen-bond acceptors (Lipinski definition) is 36. The van der Waals surface area contributed by atoms with E-state index in [1.807, 2.05) is 6.92 Å². The maximum absolute atomic E-state index is 12.3. The van der Waals surface area contributed by atoms with Crippen LogP contribution in [0.5, 0.6) is 0 Å². The second kappa shape index (κ2) is 32.8. The summed E-state index contributed by atoms with van der Waals surface area (Å²) in [7, 11) is 0. The number of hydrogen-bond donors (Lipinski definition) is 21. The maximum Gasteiger partial charge on any atom is 0.187 e. The van der Waals surface area contributed by atoms with Crippen molar-refractivity contribution in [1.29, 1.82) is 0 Å². The van der Waals surface area contributed by atoms with Crippen LogP contribution in [-0.4, -0.2) is 374 Å². The van der Waals surface area contributed by atoms with Crippen molar-refractivity contribution in [3.05, 3.63) is 11.6 Å². The lowest BCUT2D eigenvalue weighted by Gasteiger charge is -2.58. The average Bonchev–Trinajstić information content (AvgIpc) is 1.62. The second-order valence-electron chi connectivity index (χ2n) is 31.8. The van der Waals surface area contributed by atoms with Gasteiger partial charge in [-0.1, -0.05) is 39.3 Å². The fraction of sp³-hybridized carbons (Fsp3) is 0.971. The molecule has 0 aromatic carbocycles. The van der Waals surface area contributed by atoms with E-state index < -0.39 is 254 Å². The highest BCUT2D eigenvalue weighted by Crippen LogP contribution is 2.70. The molecule has 6 unspecified atom stereocenters. The SMILES string of the molecule is CC(CC[C@@]1(O)OC2CC3C4CC=C5C[C@@H](O[C@@H]6O[C@H](CO)[C@H](O[C@@H]7O[C@H](CO)[C@@H](O)[C@H](O)[C@H]7O[C@H]7O[C@H](CO)[C@@H](O[C@@H]8O[C@@H](C)[C@H](O[C@@H]9O[C@@H](C)[C@H](O)[C@@H](O)[C@H]9O)[C@@H](O)[C@H]8O)[C@H](O[C@H]8OC[C@H](O)[C@@H](O)[C@@H]8O)[C@H]7O)[C@H](O)[C@H]6O)CC[C@]5(C)C4CC[C@]3(C)C2[C@@H]1C)CO[C@@H]1O[C@H](CO)[C@@H](O)[C@H](O)[C@H]1O. The Bertz CT molecular complexity index is 2820. The monoisotopic (exact) mass is 1500 g/mol. The molecule has 12 rings (SSSR count). The van der Waals surface area contributed by atoms with Gasteiger partial charge in [-0.25, -0.2) is 0 Å². The van der Waals surface area contributed by atoms with Crippen LogP contribution in [0.3, 0.4) is 0 Å². The Hall–Kier alpha value is -1.70. The largest absolute Gasteiger partial charge is 0.394 e. The summed E-state index contributed by atoms with van der Waals surface area (Å²) in [6.07, 6.45) is -51.5. The molecule has 104 heavy (non-hydrogen) atoms. The summed E-state index contributed by atoms with van der Waals surface area (Å²) in [4.78, 5) is 0. The molecule has 36 nitrogen and oxygen atoms in total. The van der Waals surface area contributed by atoms with E-state index in [0.29, 0.717) is 43.4 Å². The van der Waals surface area contributed by atoms with Crippen molar-refractivity contribution in [3.63, 3.8) is 0 Å². The average molecular weight is 1510 g/mol. The third-order valence-electron chi connectivity index (χ3n) is 25.4. The van der Waals surface area contributed by atoms with E-state index in [2.05, 4.69) is 26.8 Å². The van der Waals surface area contributed by atoms with Crippen LogP contribution in [0.1, 0.15) is 99.3 Å². The first kappa shape index (κ1) is 81.8. The lowest BCUT2D eigenvalue weighted by Crippen LogP contribution is -2.69. The van der Waals surface area contributed by atoms with Gasteiger partial charge in [0.1, 0.15) is 153 Å². The number of rotatable bonds is 22. The molecule has 0 radical (unpaired) electrons. The van der Waals surface area contributed by atoms with E-state index in [9.17, 15) is 107 Å². The molecule has 45 atom stereocenters. The van der Waals surface area contributed by atoms with Gasteiger partial charge in [0.05, 0.1) is 64.1 Å². The first-order valence-electron chi connectivity index (χ1n) is 36.7. The Balaban J connectivity index is 0.681. The van der Waals surface area contributed by atoms with Gasteiger partial charge in [-0.05, 0) is 106 Å². The minimum atomic E-state index is -2.25. The van der Waals surface area contributed by atoms with E-state index in [1.165, 1.54) is 19.4 Å². The highest BCUT2D eigenvalue weighted by molar-refractivity contribution is 5.27. The Morgan fingerprint density at radius 3 is 1.65 bits per heavy atom. The molecule has 8 saturated heterocycles. The summed E-state index contributed by atoms with van der Waals surface area (Å²) in [5.41, 5.74) is 0.874. The maximum atomic E-state index is 12.3. The summed E-state index contributed by atoms with van der Waals surface area (Å²) in [6.45, 7) is 7.48. The molecule has 600 valence electrons. The number of ether oxygens (including phenoxy) is 15. The lowest BCUT2D eigenvalue weighted by atomic mass is 9.47. The van der Waals surface area contributed by atoms with Gasteiger partial charge in [0.15, 0.2) is 49.8 Å². The molecular weight excluding hydrogens is 1390 g/mol. The highest BCUT2D eigenvalue weighted by Gasteiger charge is 2.69. The van der Waals surface area contributed by atoms with Gasteiger partial charge in [-0.2, -0.15) is 0 Å². The Labute approximate surface area is 600 Å². The zero-order valence-corrected chi connectivity index (χ0v) is 58.9. The van der Waals surface area contributed by atoms with Crippen molar-refractivity contribution < 1.29 is 178 Å². The molecule has 11 fully saturated rings. The molecule has 0 aromatic rings. The van der Waals surface area contributed by atoms with Crippen molar-refractivity contribution in [1.82, 2.24) is 0 Å². The normalized spacial score (nSPS) is 55.2. The van der Waals surface area contributed by atoms with Crippen LogP contribution in [0.25, 0.3) is 0 Å². The molecule has 36 heteroatoms. The molecule has 12 aliphatic rings. The van der Waals surface area contributed by atoms with Crippen molar-refractivity contribution in [3.8, 4) is 0 Å². The molecule has 0 spiro atoms. The number of fused-ring (bicyclic) bond motifs is 7. The molecule has 3 saturated carbocycles. The Kier molecular flexibility index (Phi) is 25.8. The van der Waals surface area contributed by atoms with Crippen LogP contribution in [0.4, 0.5) is 0 Å². The smallest absolute Gasteiger partial charge is 0.187 e. The minimum Gasteiger partial charge on any atom is -0.394 e. The van der Waals surface area contributed by atoms with Gasteiger partial charge in [0.2, 0.25) is 0 Å². The number of aliphatic hydroxyl groups excluding tert-OH is 20. The first-order chi connectivity index (χ1) is 49.2. The minimum absolute atomic E-state index is 0.101. The molecular formula is C68H112O36. The molecule has 8 aliphatic heterocycles. The van der Waals surface area contributed by atoms with Crippen LogP contribution >= 0.6 is 0 Å². The topological polar surface area (TPSA) is 563 Å². The fourth-order valence-electron chi connectivity index (χ4n) is 19.1. The quantitative estimate of drug-likeness (QED) is 0.0448. The highest BCUT2D eigenvalue weighted by atomic mass is 16.8. The predicted octanol–water partition coefficient (Wildman–Crippen LogP) is -7.87. The van der Waals surface area contributed by atoms with Crippen molar-refractivity contribution >= 4 is 0 Å². The molecule has 8 heterocycles. The summed E-state index contributed by atoms with van der Waals surface area (Å²) in [5.74, 6) is -0.608. The molecule has 4 aliphatic carbocycles.